The minimum atomic E-state index is -0.165. The SMILES string of the molecule is CCOC(=O)C[C@@H]1[C@H]2Oc3ccc(Oc4ccnc(N)c4)cc3[C@@H]12. The van der Waals surface area contributed by atoms with E-state index in [1.54, 1.807) is 18.3 Å². The van der Waals surface area contributed by atoms with Crippen LogP contribution in [0.2, 0.25) is 0 Å². The van der Waals surface area contributed by atoms with Crippen molar-refractivity contribution in [1.29, 1.82) is 0 Å². The fraction of sp³-hybridized carbons (Fsp3) is 0.333. The molecule has 0 radical (unpaired) electrons. The van der Waals surface area contributed by atoms with Gasteiger partial charge in [-0.1, -0.05) is 0 Å². The minimum absolute atomic E-state index is 0.0798. The molecule has 0 saturated heterocycles. The van der Waals surface area contributed by atoms with Crippen LogP contribution in [0.25, 0.3) is 0 Å². The number of hydrogen-bond donors (Lipinski definition) is 1. The molecule has 1 aromatic heterocycles. The van der Waals surface area contributed by atoms with Crippen LogP contribution in [0.3, 0.4) is 0 Å². The van der Waals surface area contributed by atoms with Gasteiger partial charge in [0.25, 0.3) is 0 Å². The van der Waals surface area contributed by atoms with E-state index in [1.165, 1.54) is 0 Å². The first-order valence-corrected chi connectivity index (χ1v) is 8.01. The van der Waals surface area contributed by atoms with Gasteiger partial charge < -0.3 is 19.9 Å². The molecule has 6 heteroatoms. The predicted octanol–water partition coefficient (Wildman–Crippen LogP) is 2.88. The molecule has 3 atom stereocenters. The van der Waals surface area contributed by atoms with Gasteiger partial charge in [0.1, 0.15) is 29.2 Å². The number of esters is 1. The molecule has 0 amide bonds. The maximum Gasteiger partial charge on any atom is 0.306 e. The summed E-state index contributed by atoms with van der Waals surface area (Å²) in [7, 11) is 0. The van der Waals surface area contributed by atoms with E-state index in [-0.39, 0.29) is 23.9 Å². The highest BCUT2D eigenvalue weighted by Gasteiger charge is 2.59. The maximum absolute atomic E-state index is 11.7. The second kappa shape index (κ2) is 5.70. The van der Waals surface area contributed by atoms with Crippen molar-refractivity contribution < 1.29 is 19.0 Å². The summed E-state index contributed by atoms with van der Waals surface area (Å²) < 4.78 is 16.8. The molecule has 2 N–H and O–H groups in total. The van der Waals surface area contributed by atoms with Gasteiger partial charge in [-0.2, -0.15) is 0 Å². The van der Waals surface area contributed by atoms with Gasteiger partial charge in [0, 0.05) is 29.7 Å². The first-order chi connectivity index (χ1) is 11.7. The highest BCUT2D eigenvalue weighted by Crippen LogP contribution is 2.60. The molecule has 1 saturated carbocycles. The van der Waals surface area contributed by atoms with Gasteiger partial charge in [0.15, 0.2) is 0 Å². The molecular weight excluding hydrogens is 308 g/mol. The Morgan fingerprint density at radius 2 is 2.12 bits per heavy atom. The molecule has 24 heavy (non-hydrogen) atoms. The van der Waals surface area contributed by atoms with E-state index in [2.05, 4.69) is 4.98 Å². The molecule has 0 bridgehead atoms. The number of aromatic nitrogens is 1. The Morgan fingerprint density at radius 1 is 1.29 bits per heavy atom. The summed E-state index contributed by atoms with van der Waals surface area (Å²) in [6.07, 6.45) is 2.08. The van der Waals surface area contributed by atoms with E-state index in [0.717, 1.165) is 11.3 Å². The van der Waals surface area contributed by atoms with E-state index in [4.69, 9.17) is 19.9 Å². The number of fused-ring (bicyclic) bond motifs is 3. The van der Waals surface area contributed by atoms with Crippen molar-refractivity contribution in [2.75, 3.05) is 12.3 Å². The van der Waals surface area contributed by atoms with Gasteiger partial charge in [-0.15, -0.1) is 0 Å². The number of rotatable bonds is 5. The zero-order valence-electron chi connectivity index (χ0n) is 13.3. The second-order valence-corrected chi connectivity index (χ2v) is 6.00. The fourth-order valence-electron chi connectivity index (χ4n) is 3.30. The van der Waals surface area contributed by atoms with E-state index >= 15 is 0 Å². The minimum Gasteiger partial charge on any atom is -0.489 e. The Bertz CT molecular complexity index is 792. The molecule has 1 aromatic carbocycles. The summed E-state index contributed by atoms with van der Waals surface area (Å²) in [5.74, 6) is 2.91. The number of carbonyl (C=O) groups excluding carboxylic acids is 1. The van der Waals surface area contributed by atoms with Crippen LogP contribution in [0.5, 0.6) is 17.2 Å². The van der Waals surface area contributed by atoms with Crippen LogP contribution in [0.4, 0.5) is 5.82 Å². The number of pyridine rings is 1. The van der Waals surface area contributed by atoms with Crippen LogP contribution in [-0.2, 0) is 9.53 Å². The topological polar surface area (TPSA) is 83.7 Å². The van der Waals surface area contributed by atoms with Gasteiger partial charge in [-0.3, -0.25) is 4.79 Å². The van der Waals surface area contributed by atoms with Crippen molar-refractivity contribution in [2.45, 2.75) is 25.4 Å². The Morgan fingerprint density at radius 3 is 2.92 bits per heavy atom. The van der Waals surface area contributed by atoms with Crippen molar-refractivity contribution in [3.05, 3.63) is 42.1 Å². The smallest absolute Gasteiger partial charge is 0.306 e. The largest absolute Gasteiger partial charge is 0.489 e. The average Bonchev–Trinajstić information content (AvgIpc) is 3.06. The van der Waals surface area contributed by atoms with Crippen molar-refractivity contribution >= 4 is 11.8 Å². The number of nitrogens with two attached hydrogens (primary N) is 1. The molecule has 1 aliphatic carbocycles. The monoisotopic (exact) mass is 326 g/mol. The van der Waals surface area contributed by atoms with Gasteiger partial charge in [-0.25, -0.2) is 4.98 Å². The molecule has 1 aliphatic heterocycles. The Kier molecular flexibility index (Phi) is 3.52. The van der Waals surface area contributed by atoms with Crippen LogP contribution in [0, 0.1) is 5.92 Å². The molecule has 2 aliphatic rings. The molecule has 0 unspecified atom stereocenters. The van der Waals surface area contributed by atoms with Crippen molar-refractivity contribution in [2.24, 2.45) is 5.92 Å². The Balaban J connectivity index is 1.48. The average molecular weight is 326 g/mol. The number of nitrogens with zero attached hydrogens (tertiary/aromatic N) is 1. The summed E-state index contributed by atoms with van der Waals surface area (Å²) in [5, 5.41) is 0. The zero-order valence-corrected chi connectivity index (χ0v) is 13.3. The lowest BCUT2D eigenvalue weighted by Crippen LogP contribution is -2.09. The first kappa shape index (κ1) is 14.8. The van der Waals surface area contributed by atoms with E-state index in [9.17, 15) is 4.79 Å². The van der Waals surface area contributed by atoms with E-state index < -0.39 is 0 Å². The summed E-state index contributed by atoms with van der Waals surface area (Å²) in [5.41, 5.74) is 6.76. The lowest BCUT2D eigenvalue weighted by atomic mass is 10.1. The third kappa shape index (κ3) is 2.64. The molecular formula is C18H18N2O4. The summed E-state index contributed by atoms with van der Waals surface area (Å²) >= 11 is 0. The maximum atomic E-state index is 11.7. The number of carbonyl (C=O) groups is 1. The van der Waals surface area contributed by atoms with Gasteiger partial charge in [0.2, 0.25) is 0 Å². The van der Waals surface area contributed by atoms with Gasteiger partial charge in [0.05, 0.1) is 13.0 Å². The van der Waals surface area contributed by atoms with Crippen LogP contribution in [-0.4, -0.2) is 23.7 Å². The summed E-state index contributed by atoms with van der Waals surface area (Å²) in [4.78, 5) is 15.6. The molecule has 6 nitrogen and oxygen atoms in total. The highest BCUT2D eigenvalue weighted by atomic mass is 16.5. The third-order valence-electron chi connectivity index (χ3n) is 4.40. The molecule has 0 spiro atoms. The Hall–Kier alpha value is -2.76. The second-order valence-electron chi connectivity index (χ2n) is 6.00. The predicted molar refractivity (Wildman–Crippen MR) is 87.1 cm³/mol. The fourth-order valence-corrected chi connectivity index (χ4v) is 3.30. The van der Waals surface area contributed by atoms with E-state index in [0.29, 0.717) is 30.3 Å². The van der Waals surface area contributed by atoms with Crippen LogP contribution in [0.15, 0.2) is 36.5 Å². The van der Waals surface area contributed by atoms with Crippen LogP contribution in [0.1, 0.15) is 24.8 Å². The highest BCUT2D eigenvalue weighted by molar-refractivity contribution is 5.71. The first-order valence-electron chi connectivity index (χ1n) is 8.01. The Labute approximate surface area is 139 Å². The summed E-state index contributed by atoms with van der Waals surface area (Å²) in [6.45, 7) is 2.22. The van der Waals surface area contributed by atoms with Crippen LogP contribution >= 0.6 is 0 Å². The van der Waals surface area contributed by atoms with E-state index in [1.807, 2.05) is 25.1 Å². The van der Waals surface area contributed by atoms with Crippen LogP contribution < -0.4 is 15.2 Å². The number of benzene rings is 1. The van der Waals surface area contributed by atoms with Gasteiger partial charge in [-0.05, 0) is 31.2 Å². The molecule has 124 valence electrons. The quantitative estimate of drug-likeness (QED) is 0.851. The zero-order chi connectivity index (χ0) is 16.7. The molecule has 4 rings (SSSR count). The third-order valence-corrected chi connectivity index (χ3v) is 4.40. The number of hydrogen-bond acceptors (Lipinski definition) is 6. The number of nitrogen functional groups attached to an aromatic ring is 1. The molecule has 2 heterocycles. The molecule has 2 aromatic rings. The van der Waals surface area contributed by atoms with Gasteiger partial charge >= 0.3 is 5.97 Å². The number of ether oxygens (including phenoxy) is 3. The molecule has 1 fully saturated rings. The standard InChI is InChI=1S/C18H18N2O4/c1-2-22-16(21)9-13-17-12-7-10(3-4-14(12)24-18(13)17)23-11-5-6-20-15(19)8-11/h3-8,13,17-18H,2,9H2,1H3,(H2,19,20)/t13-,17-,18+/m0/s1. The number of anilines is 1. The lowest BCUT2D eigenvalue weighted by molar-refractivity contribution is -0.143. The normalized spacial score (nSPS) is 23.0. The lowest BCUT2D eigenvalue weighted by Gasteiger charge is -2.11. The van der Waals surface area contributed by atoms with Crippen molar-refractivity contribution in [1.82, 2.24) is 4.98 Å². The summed E-state index contributed by atoms with van der Waals surface area (Å²) in [6, 6.07) is 9.17. The van der Waals surface area contributed by atoms with Crippen molar-refractivity contribution in [3.63, 3.8) is 0 Å². The van der Waals surface area contributed by atoms with Crippen molar-refractivity contribution in [3.8, 4) is 17.2 Å².